The molecule has 0 bridgehead atoms. The summed E-state index contributed by atoms with van der Waals surface area (Å²) in [6.45, 7) is -0.0657. The molecule has 1 aliphatic carbocycles. The SMILES string of the molecule is O=C(COC(=O)[C@@H]1CCC2CC(c3c(-n4cnnn4)ccc(Cl)c3F)=CC(=O)N21)c1ccnc(OCC2(OC3CCCCO3)CC2)c1F. The summed E-state index contributed by atoms with van der Waals surface area (Å²) >= 11 is 6.08. The van der Waals surface area contributed by atoms with E-state index in [0.717, 1.165) is 32.1 Å². The number of amides is 1. The Labute approximate surface area is 278 Å². The minimum Gasteiger partial charge on any atom is -0.473 e. The number of ether oxygens (including phenoxy) is 4. The number of hydrogen-bond donors (Lipinski definition) is 0. The lowest BCUT2D eigenvalue weighted by atomic mass is 9.92. The van der Waals surface area contributed by atoms with Crippen LogP contribution in [0.4, 0.5) is 8.78 Å². The number of halogens is 3. The van der Waals surface area contributed by atoms with Crippen molar-refractivity contribution in [3.05, 3.63) is 64.6 Å². The summed E-state index contributed by atoms with van der Waals surface area (Å²) in [6, 6.07) is 2.69. The predicted molar refractivity (Wildman–Crippen MR) is 162 cm³/mol. The Hall–Kier alpha value is -4.34. The molecule has 1 aromatic carbocycles. The zero-order chi connectivity index (χ0) is 33.4. The van der Waals surface area contributed by atoms with Gasteiger partial charge in [0.2, 0.25) is 11.7 Å². The molecule has 252 valence electrons. The van der Waals surface area contributed by atoms with Crippen LogP contribution in [0.1, 0.15) is 67.3 Å². The maximum atomic E-state index is 15.3. The van der Waals surface area contributed by atoms with E-state index in [1.54, 1.807) is 6.07 Å². The molecular weight excluding hydrogens is 654 g/mol. The number of nitrogens with zero attached hydrogens (tertiary/aromatic N) is 6. The molecule has 0 radical (unpaired) electrons. The van der Waals surface area contributed by atoms with Gasteiger partial charge in [0.1, 0.15) is 24.6 Å². The highest BCUT2D eigenvalue weighted by Gasteiger charge is 2.48. The number of aromatic nitrogens is 5. The van der Waals surface area contributed by atoms with Gasteiger partial charge < -0.3 is 23.8 Å². The van der Waals surface area contributed by atoms with Crippen LogP contribution in [0.3, 0.4) is 0 Å². The molecule has 1 saturated carbocycles. The number of tetrazole rings is 1. The molecule has 5 heterocycles. The van der Waals surface area contributed by atoms with E-state index in [0.29, 0.717) is 24.3 Å². The molecular formula is C32H31ClF2N6O7. The molecule has 3 aliphatic heterocycles. The molecule has 3 atom stereocenters. The lowest BCUT2D eigenvalue weighted by Crippen LogP contribution is -2.47. The van der Waals surface area contributed by atoms with Gasteiger partial charge in [-0.25, -0.2) is 18.6 Å². The summed E-state index contributed by atoms with van der Waals surface area (Å²) in [5.41, 5.74) is -0.162. The number of pyridine rings is 1. The van der Waals surface area contributed by atoms with Gasteiger partial charge in [0.15, 0.2) is 24.5 Å². The molecule has 48 heavy (non-hydrogen) atoms. The monoisotopic (exact) mass is 684 g/mol. The number of hydrogen-bond acceptors (Lipinski definition) is 11. The number of fused-ring (bicyclic) bond motifs is 1. The maximum Gasteiger partial charge on any atom is 0.329 e. The topological polar surface area (TPSA) is 148 Å². The van der Waals surface area contributed by atoms with E-state index < -0.39 is 53.6 Å². The van der Waals surface area contributed by atoms with Crippen molar-refractivity contribution in [3.8, 4) is 11.6 Å². The van der Waals surface area contributed by atoms with E-state index in [1.807, 2.05) is 0 Å². The van der Waals surface area contributed by atoms with Gasteiger partial charge in [0.25, 0.3) is 5.88 Å². The number of carbonyl (C=O) groups is 3. The van der Waals surface area contributed by atoms with Crippen molar-refractivity contribution < 1.29 is 42.1 Å². The molecule has 7 rings (SSSR count). The van der Waals surface area contributed by atoms with Crippen LogP contribution >= 0.6 is 11.6 Å². The molecule has 2 aromatic heterocycles. The van der Waals surface area contributed by atoms with Crippen LogP contribution in [-0.4, -0.2) is 91.5 Å². The van der Waals surface area contributed by atoms with Gasteiger partial charge in [0.05, 0.1) is 16.3 Å². The van der Waals surface area contributed by atoms with Crippen LogP contribution in [0, 0.1) is 11.6 Å². The Morgan fingerprint density at radius 1 is 1.10 bits per heavy atom. The third-order valence-electron chi connectivity index (χ3n) is 9.07. The van der Waals surface area contributed by atoms with Gasteiger partial charge in [-0.3, -0.25) is 9.59 Å². The second-order valence-electron chi connectivity index (χ2n) is 12.3. The quantitative estimate of drug-likeness (QED) is 0.213. The van der Waals surface area contributed by atoms with Gasteiger partial charge in [0, 0.05) is 30.5 Å². The Kier molecular flexibility index (Phi) is 8.92. The van der Waals surface area contributed by atoms with Crippen molar-refractivity contribution in [1.29, 1.82) is 0 Å². The number of Topliss-reactive ketones (excluding diaryl/α,β-unsaturated/α-hetero) is 1. The van der Waals surface area contributed by atoms with Crippen molar-refractivity contribution in [2.24, 2.45) is 0 Å². The first-order valence-electron chi connectivity index (χ1n) is 15.7. The van der Waals surface area contributed by atoms with Crippen LogP contribution < -0.4 is 4.74 Å². The smallest absolute Gasteiger partial charge is 0.329 e. The van der Waals surface area contributed by atoms with E-state index in [2.05, 4.69) is 20.5 Å². The van der Waals surface area contributed by atoms with Crippen molar-refractivity contribution in [2.45, 2.75) is 75.3 Å². The summed E-state index contributed by atoms with van der Waals surface area (Å²) in [5, 5.41) is 10.9. The lowest BCUT2D eigenvalue weighted by Gasteiger charge is -2.33. The summed E-state index contributed by atoms with van der Waals surface area (Å²) in [5.74, 6) is -4.18. The molecule has 2 saturated heterocycles. The van der Waals surface area contributed by atoms with E-state index >= 15 is 8.78 Å². The fourth-order valence-electron chi connectivity index (χ4n) is 6.44. The normalized spacial score (nSPS) is 23.0. The fourth-order valence-corrected chi connectivity index (χ4v) is 6.59. The minimum atomic E-state index is -0.972. The minimum absolute atomic E-state index is 0.0508. The summed E-state index contributed by atoms with van der Waals surface area (Å²) < 4.78 is 54.5. The average Bonchev–Trinajstić information content (AvgIpc) is 3.43. The average molecular weight is 685 g/mol. The van der Waals surface area contributed by atoms with Crippen LogP contribution in [0.2, 0.25) is 5.02 Å². The van der Waals surface area contributed by atoms with Gasteiger partial charge >= 0.3 is 5.97 Å². The molecule has 2 unspecified atom stereocenters. The largest absolute Gasteiger partial charge is 0.473 e. The van der Waals surface area contributed by atoms with E-state index in [1.165, 1.54) is 40.3 Å². The summed E-state index contributed by atoms with van der Waals surface area (Å²) in [6.07, 6.45) is 8.65. The molecule has 1 amide bonds. The van der Waals surface area contributed by atoms with Crippen LogP contribution in [0.5, 0.6) is 5.88 Å². The Morgan fingerprint density at radius 2 is 1.96 bits per heavy atom. The van der Waals surface area contributed by atoms with Gasteiger partial charge in [-0.1, -0.05) is 11.6 Å². The standard InChI is InChI=1S/C32H31ClF2N6O7/c33-21-5-7-22(40-17-37-38-39-40)27(29(21)35)18-13-19-4-6-23(41(19)25(43)14-18)31(44)46-15-24(42)20-8-11-36-30(28(20)34)47-16-32(9-10-32)48-26-3-1-2-12-45-26/h5,7-8,11,14,17,19,23,26H,1-4,6,9-10,12-13,15-16H2/t19?,23-,26?/m0/s1. The van der Waals surface area contributed by atoms with Gasteiger partial charge in [-0.05, 0) is 85.6 Å². The van der Waals surface area contributed by atoms with E-state index in [-0.39, 0.29) is 47.8 Å². The first kappa shape index (κ1) is 32.2. The highest BCUT2D eigenvalue weighted by molar-refractivity contribution is 6.31. The highest BCUT2D eigenvalue weighted by atomic mass is 35.5. The zero-order valence-electron chi connectivity index (χ0n) is 25.6. The Bertz CT molecular complexity index is 1760. The van der Waals surface area contributed by atoms with Crippen molar-refractivity contribution >= 4 is 34.8 Å². The van der Waals surface area contributed by atoms with Crippen molar-refractivity contribution in [2.75, 3.05) is 19.8 Å². The van der Waals surface area contributed by atoms with Crippen LogP contribution in [0.25, 0.3) is 11.3 Å². The molecule has 0 spiro atoms. The highest BCUT2D eigenvalue weighted by Crippen LogP contribution is 2.43. The number of rotatable bonds is 11. The van der Waals surface area contributed by atoms with Gasteiger partial charge in [-0.2, -0.15) is 4.68 Å². The summed E-state index contributed by atoms with van der Waals surface area (Å²) in [7, 11) is 0. The first-order valence-corrected chi connectivity index (χ1v) is 16.1. The first-order chi connectivity index (χ1) is 23.2. The lowest BCUT2D eigenvalue weighted by molar-refractivity contribution is -0.202. The Balaban J connectivity index is 0.982. The second-order valence-corrected chi connectivity index (χ2v) is 12.7. The number of benzene rings is 1. The predicted octanol–water partition coefficient (Wildman–Crippen LogP) is 4.02. The molecule has 0 N–H and O–H groups in total. The molecule has 3 fully saturated rings. The Morgan fingerprint density at radius 3 is 2.71 bits per heavy atom. The number of ketones is 1. The van der Waals surface area contributed by atoms with Crippen LogP contribution in [-0.2, 0) is 23.8 Å². The third-order valence-corrected chi connectivity index (χ3v) is 9.37. The molecule has 16 heteroatoms. The van der Waals surface area contributed by atoms with Crippen molar-refractivity contribution in [3.63, 3.8) is 0 Å². The fraction of sp³-hybridized carbons (Fsp3) is 0.469. The van der Waals surface area contributed by atoms with E-state index in [4.69, 9.17) is 30.5 Å². The molecule has 3 aromatic rings. The summed E-state index contributed by atoms with van der Waals surface area (Å²) in [4.78, 5) is 44.7. The number of esters is 1. The van der Waals surface area contributed by atoms with Crippen molar-refractivity contribution in [1.82, 2.24) is 30.1 Å². The third kappa shape index (κ3) is 6.41. The molecule has 13 nitrogen and oxygen atoms in total. The number of carbonyl (C=O) groups excluding carboxylic acids is 3. The second kappa shape index (κ2) is 13.3. The van der Waals surface area contributed by atoms with E-state index in [9.17, 15) is 14.4 Å². The van der Waals surface area contributed by atoms with Crippen LogP contribution in [0.15, 0.2) is 36.8 Å². The maximum absolute atomic E-state index is 15.3. The van der Waals surface area contributed by atoms with Gasteiger partial charge in [-0.15, -0.1) is 5.10 Å². The molecule has 4 aliphatic rings. The zero-order valence-corrected chi connectivity index (χ0v) is 26.4.